The maximum Gasteiger partial charge on any atom is 0.192 e. The summed E-state index contributed by atoms with van der Waals surface area (Å²) in [5, 5.41) is 5.14. The van der Waals surface area contributed by atoms with Crippen molar-refractivity contribution in [2.45, 2.75) is 83.7 Å². The maximum absolute atomic E-state index is 12.1. The van der Waals surface area contributed by atoms with Gasteiger partial charge in [0.05, 0.1) is 10.6 Å². The Hall–Kier alpha value is -1.17. The molecule has 0 saturated heterocycles. The Morgan fingerprint density at radius 3 is 2.37 bits per heavy atom. The van der Waals surface area contributed by atoms with Crippen molar-refractivity contribution in [2.75, 3.05) is 5.32 Å². The first-order valence-corrected chi connectivity index (χ1v) is 13.8. The van der Waals surface area contributed by atoms with Crippen molar-refractivity contribution >= 4 is 41.2 Å². The fraction of sp³-hybridized carbons (Fsp3) is 0.591. The van der Waals surface area contributed by atoms with Gasteiger partial charge in [-0.1, -0.05) is 39.0 Å². The van der Waals surface area contributed by atoms with Gasteiger partial charge in [0.15, 0.2) is 14.1 Å². The number of fused-ring (bicyclic) bond motifs is 1. The summed E-state index contributed by atoms with van der Waals surface area (Å²) >= 11 is 1.60. The molecule has 1 aromatic heterocycles. The third kappa shape index (κ3) is 4.46. The largest absolute Gasteiger partial charge is 0.414 e. The van der Waals surface area contributed by atoms with E-state index in [1.807, 2.05) is 12.1 Å². The molecule has 1 fully saturated rings. The summed E-state index contributed by atoms with van der Waals surface area (Å²) < 4.78 is 7.80. The number of anilines is 1. The molecule has 0 amide bonds. The van der Waals surface area contributed by atoms with Crippen LogP contribution >= 0.6 is 11.3 Å². The molecule has 3 nitrogen and oxygen atoms in total. The second kappa shape index (κ2) is 7.68. The van der Waals surface area contributed by atoms with Crippen molar-refractivity contribution < 1.29 is 9.22 Å². The van der Waals surface area contributed by atoms with Gasteiger partial charge in [-0.15, -0.1) is 11.3 Å². The number of Topliss-reactive ketones (excluding diaryl/α,β-unsaturated/α-hetero) is 1. The van der Waals surface area contributed by atoms with E-state index in [0.29, 0.717) is 12.1 Å². The van der Waals surface area contributed by atoms with Crippen molar-refractivity contribution in [3.63, 3.8) is 0 Å². The van der Waals surface area contributed by atoms with E-state index in [4.69, 9.17) is 4.43 Å². The zero-order valence-corrected chi connectivity index (χ0v) is 19.3. The zero-order chi connectivity index (χ0) is 19.8. The lowest BCUT2D eigenvalue weighted by molar-refractivity contribution is 0.102. The minimum atomic E-state index is -1.70. The van der Waals surface area contributed by atoms with Gasteiger partial charge in [-0.25, -0.2) is 0 Å². The van der Waals surface area contributed by atoms with Gasteiger partial charge in [-0.05, 0) is 49.9 Å². The van der Waals surface area contributed by atoms with Crippen molar-refractivity contribution in [1.82, 2.24) is 0 Å². The van der Waals surface area contributed by atoms with Crippen LogP contribution in [0.15, 0.2) is 24.3 Å². The molecule has 0 unspecified atom stereocenters. The van der Waals surface area contributed by atoms with Crippen molar-refractivity contribution in [2.24, 2.45) is 0 Å². The van der Waals surface area contributed by atoms with E-state index in [2.05, 4.69) is 51.3 Å². The first kappa shape index (κ1) is 20.6. The Labute approximate surface area is 168 Å². The van der Waals surface area contributed by atoms with Gasteiger partial charge in [0.1, 0.15) is 0 Å². The van der Waals surface area contributed by atoms with Crippen LogP contribution in [-0.4, -0.2) is 26.2 Å². The van der Waals surface area contributed by atoms with Gasteiger partial charge in [0.25, 0.3) is 0 Å². The van der Waals surface area contributed by atoms with E-state index in [1.165, 1.54) is 10.1 Å². The lowest BCUT2D eigenvalue weighted by Crippen LogP contribution is -2.45. The summed E-state index contributed by atoms with van der Waals surface area (Å²) in [7, 11) is -1.70. The Morgan fingerprint density at radius 2 is 1.78 bits per heavy atom. The minimum Gasteiger partial charge on any atom is -0.414 e. The van der Waals surface area contributed by atoms with Gasteiger partial charge >= 0.3 is 0 Å². The van der Waals surface area contributed by atoms with Crippen LogP contribution in [0.25, 0.3) is 10.1 Å². The molecule has 1 N–H and O–H groups in total. The van der Waals surface area contributed by atoms with Crippen LogP contribution in [0.1, 0.15) is 63.0 Å². The molecule has 0 bridgehead atoms. The normalized spacial score (nSPS) is 21.4. The van der Waals surface area contributed by atoms with E-state index in [1.54, 1.807) is 18.3 Å². The SMILES string of the molecule is CC(=O)c1sc2ccccc2c1NC1CCC(O[Si](C)(C)C(C)(C)C)CC1. The second-order valence-corrected chi connectivity index (χ2v) is 15.2. The highest BCUT2D eigenvalue weighted by molar-refractivity contribution is 7.21. The molecule has 148 valence electrons. The molecule has 0 atom stereocenters. The highest BCUT2D eigenvalue weighted by Crippen LogP contribution is 2.40. The number of thiophene rings is 1. The average Bonchev–Trinajstić information content (AvgIpc) is 2.94. The minimum absolute atomic E-state index is 0.147. The van der Waals surface area contributed by atoms with Gasteiger partial charge in [0, 0.05) is 29.2 Å². The molecule has 2 aromatic rings. The maximum atomic E-state index is 12.1. The summed E-state index contributed by atoms with van der Waals surface area (Å²) in [6, 6.07) is 8.72. The second-order valence-electron chi connectivity index (χ2n) is 9.35. The molecule has 5 heteroatoms. The topological polar surface area (TPSA) is 38.3 Å². The van der Waals surface area contributed by atoms with E-state index in [-0.39, 0.29) is 10.8 Å². The Bertz CT molecular complexity index is 813. The standard InChI is InChI=1S/C22H33NO2SSi/c1-15(24)21-20(18-9-7-8-10-19(18)26-21)23-16-11-13-17(14-12-16)25-27(5,6)22(2,3)4/h7-10,16-17,23H,11-14H2,1-6H3. The molecular formula is C22H33NO2SSi. The number of hydrogen-bond acceptors (Lipinski definition) is 4. The number of nitrogens with one attached hydrogen (secondary N) is 1. The molecule has 1 heterocycles. The summed E-state index contributed by atoms with van der Waals surface area (Å²) in [5.41, 5.74) is 1.04. The smallest absolute Gasteiger partial charge is 0.192 e. The summed E-state index contributed by atoms with van der Waals surface area (Å²) in [4.78, 5) is 13.0. The van der Waals surface area contributed by atoms with Crippen LogP contribution < -0.4 is 5.32 Å². The molecule has 3 rings (SSSR count). The average molecular weight is 404 g/mol. The monoisotopic (exact) mass is 403 g/mol. The van der Waals surface area contributed by atoms with Crippen LogP contribution in [0, 0.1) is 0 Å². The van der Waals surface area contributed by atoms with Crippen LogP contribution in [-0.2, 0) is 4.43 Å². The fourth-order valence-electron chi connectivity index (χ4n) is 3.56. The first-order chi connectivity index (χ1) is 12.6. The Kier molecular flexibility index (Phi) is 5.85. The number of carbonyl (C=O) groups excluding carboxylic acids is 1. The summed E-state index contributed by atoms with van der Waals surface area (Å²) in [6.07, 6.45) is 4.78. The summed E-state index contributed by atoms with van der Waals surface area (Å²) in [5.74, 6) is 0.147. The van der Waals surface area contributed by atoms with Crippen LogP contribution in [0.2, 0.25) is 18.1 Å². The van der Waals surface area contributed by atoms with Crippen molar-refractivity contribution in [1.29, 1.82) is 0 Å². The molecule has 1 aliphatic rings. The molecule has 1 aromatic carbocycles. The molecule has 0 spiro atoms. The molecule has 0 radical (unpaired) electrons. The Morgan fingerprint density at radius 1 is 1.15 bits per heavy atom. The number of carbonyl (C=O) groups is 1. The first-order valence-electron chi connectivity index (χ1n) is 10.1. The van der Waals surface area contributed by atoms with Gasteiger partial charge in [0.2, 0.25) is 0 Å². The predicted molar refractivity (Wildman–Crippen MR) is 120 cm³/mol. The number of rotatable bonds is 5. The van der Waals surface area contributed by atoms with Crippen molar-refractivity contribution in [3.8, 4) is 0 Å². The lowest BCUT2D eigenvalue weighted by Gasteiger charge is -2.41. The quantitative estimate of drug-likeness (QED) is 0.438. The third-order valence-corrected chi connectivity index (χ3v) is 12.0. The van der Waals surface area contributed by atoms with Gasteiger partial charge in [-0.3, -0.25) is 4.79 Å². The van der Waals surface area contributed by atoms with Crippen LogP contribution in [0.4, 0.5) is 5.69 Å². The molecule has 0 aliphatic heterocycles. The number of ketones is 1. The van der Waals surface area contributed by atoms with E-state index in [9.17, 15) is 4.79 Å². The molecule has 1 saturated carbocycles. The number of hydrogen-bond donors (Lipinski definition) is 1. The van der Waals surface area contributed by atoms with Crippen LogP contribution in [0.5, 0.6) is 0 Å². The van der Waals surface area contributed by atoms with E-state index in [0.717, 1.165) is 36.2 Å². The predicted octanol–water partition coefficient (Wildman–Crippen LogP) is 6.85. The summed E-state index contributed by atoms with van der Waals surface area (Å²) in [6.45, 7) is 13.3. The number of benzene rings is 1. The van der Waals surface area contributed by atoms with E-state index < -0.39 is 8.32 Å². The third-order valence-electron chi connectivity index (χ3n) is 6.21. The lowest BCUT2D eigenvalue weighted by atomic mass is 9.93. The Balaban J connectivity index is 1.67. The molecular weight excluding hydrogens is 370 g/mol. The fourth-order valence-corrected chi connectivity index (χ4v) is 6.04. The van der Waals surface area contributed by atoms with E-state index >= 15 is 0 Å². The highest BCUT2D eigenvalue weighted by Gasteiger charge is 2.39. The molecule has 1 aliphatic carbocycles. The zero-order valence-electron chi connectivity index (χ0n) is 17.5. The van der Waals surface area contributed by atoms with Gasteiger partial charge < -0.3 is 9.74 Å². The highest BCUT2D eigenvalue weighted by atomic mass is 32.1. The van der Waals surface area contributed by atoms with Gasteiger partial charge in [-0.2, -0.15) is 0 Å². The molecule has 27 heavy (non-hydrogen) atoms. The van der Waals surface area contributed by atoms with Crippen molar-refractivity contribution in [3.05, 3.63) is 29.1 Å². The van der Waals surface area contributed by atoms with Crippen LogP contribution in [0.3, 0.4) is 0 Å².